The molecule has 2 aromatic carbocycles. The predicted molar refractivity (Wildman–Crippen MR) is 142 cm³/mol. The van der Waals surface area contributed by atoms with E-state index in [4.69, 9.17) is 21.1 Å². The van der Waals surface area contributed by atoms with Crippen molar-refractivity contribution in [3.63, 3.8) is 0 Å². The van der Waals surface area contributed by atoms with Crippen LogP contribution in [0.3, 0.4) is 0 Å². The monoisotopic (exact) mass is 575 g/mol. The Morgan fingerprint density at radius 1 is 0.850 bits per heavy atom. The highest BCUT2D eigenvalue weighted by molar-refractivity contribution is 6.30. The molecule has 2 rings (SSSR count). The van der Waals surface area contributed by atoms with Crippen molar-refractivity contribution in [3.05, 3.63) is 70.7 Å². The minimum absolute atomic E-state index is 0.0499. The minimum Gasteiger partial charge on any atom is -0.463 e. The van der Waals surface area contributed by atoms with E-state index in [1.807, 2.05) is 0 Å². The van der Waals surface area contributed by atoms with E-state index in [9.17, 15) is 28.8 Å². The molecule has 2 aromatic rings. The number of hydrogen-bond acceptors (Lipinski definition) is 9. The first-order valence-corrected chi connectivity index (χ1v) is 12.2. The van der Waals surface area contributed by atoms with Gasteiger partial charge in [-0.1, -0.05) is 29.8 Å². The number of ether oxygens (including phenoxy) is 3. The summed E-state index contributed by atoms with van der Waals surface area (Å²) in [5, 5.41) is 1.58. The second-order valence-corrected chi connectivity index (χ2v) is 9.82. The molecule has 0 spiro atoms. The maximum absolute atomic E-state index is 13.7. The first-order chi connectivity index (χ1) is 18.7. The first-order valence-electron chi connectivity index (χ1n) is 11.9. The van der Waals surface area contributed by atoms with E-state index in [1.54, 1.807) is 39.0 Å². The van der Waals surface area contributed by atoms with E-state index >= 15 is 0 Å². The smallest absolute Gasteiger partial charge is 0.440 e. The van der Waals surface area contributed by atoms with E-state index in [1.165, 1.54) is 50.4 Å². The molecule has 0 bridgehead atoms. The summed E-state index contributed by atoms with van der Waals surface area (Å²) in [7, 11) is 2.27. The van der Waals surface area contributed by atoms with Crippen LogP contribution in [-0.2, 0) is 28.6 Å². The van der Waals surface area contributed by atoms with Crippen molar-refractivity contribution in [2.24, 2.45) is 0 Å². The van der Waals surface area contributed by atoms with Gasteiger partial charge in [-0.3, -0.25) is 19.2 Å². The number of carbonyl (C=O) groups excluding carboxylic acids is 6. The summed E-state index contributed by atoms with van der Waals surface area (Å²) in [5.41, 5.74) is -1.11. The highest BCUT2D eigenvalue weighted by Crippen LogP contribution is 2.24. The van der Waals surface area contributed by atoms with Crippen LogP contribution in [0.4, 0.5) is 4.79 Å². The third kappa shape index (κ3) is 8.27. The molecule has 4 amide bonds. The van der Waals surface area contributed by atoms with Crippen LogP contribution in [0.25, 0.3) is 0 Å². The van der Waals surface area contributed by atoms with Crippen molar-refractivity contribution in [3.8, 4) is 0 Å². The van der Waals surface area contributed by atoms with Crippen molar-refractivity contribution >= 4 is 47.4 Å². The Balaban J connectivity index is 2.55. The largest absolute Gasteiger partial charge is 0.463 e. The summed E-state index contributed by atoms with van der Waals surface area (Å²) in [6.07, 6.45) is -3.79. The van der Waals surface area contributed by atoms with Crippen LogP contribution >= 0.6 is 11.6 Å². The minimum atomic E-state index is -2.26. The summed E-state index contributed by atoms with van der Waals surface area (Å²) in [5.74, 6) is -4.62. The van der Waals surface area contributed by atoms with Crippen LogP contribution in [0.1, 0.15) is 48.4 Å². The van der Waals surface area contributed by atoms with Crippen molar-refractivity contribution in [2.45, 2.75) is 39.5 Å². The fourth-order valence-corrected chi connectivity index (χ4v) is 3.31. The fraction of sp³-hybridized carbons (Fsp3) is 0.333. The number of hydrazine groups is 1. The lowest BCUT2D eigenvalue weighted by Gasteiger charge is -2.41. The number of carbonyl (C=O) groups is 6. The number of methoxy groups -OCH3 is 1. The van der Waals surface area contributed by atoms with Gasteiger partial charge >= 0.3 is 24.3 Å². The SMILES string of the molecule is COC(=O)C(OC(=O)CN(C)C(C)=O)OC(=O)N(C(=O)c1ccc(Cl)cc1)N(C(=O)c1ccccc1)C(C)(C)C. The van der Waals surface area contributed by atoms with Crippen molar-refractivity contribution < 1.29 is 43.0 Å². The zero-order chi connectivity index (χ0) is 30.2. The topological polar surface area (TPSA) is 140 Å². The molecule has 0 N–H and O–H groups in total. The average molecular weight is 576 g/mol. The molecular formula is C27H30ClN3O9. The normalized spacial score (nSPS) is 11.5. The Morgan fingerprint density at radius 3 is 1.90 bits per heavy atom. The van der Waals surface area contributed by atoms with Gasteiger partial charge in [-0.2, -0.15) is 0 Å². The van der Waals surface area contributed by atoms with Crippen LogP contribution in [-0.4, -0.2) is 83.2 Å². The Hall–Kier alpha value is -4.45. The molecular weight excluding hydrogens is 546 g/mol. The molecule has 0 aliphatic heterocycles. The third-order valence-corrected chi connectivity index (χ3v) is 5.50. The summed E-state index contributed by atoms with van der Waals surface area (Å²) in [6, 6.07) is 13.3. The average Bonchev–Trinajstić information content (AvgIpc) is 2.90. The number of rotatable bonds is 7. The molecule has 0 heterocycles. The summed E-state index contributed by atoms with van der Waals surface area (Å²) in [4.78, 5) is 78.1. The molecule has 0 saturated heterocycles. The molecule has 12 nitrogen and oxygen atoms in total. The van der Waals surface area contributed by atoms with E-state index < -0.39 is 54.1 Å². The zero-order valence-electron chi connectivity index (χ0n) is 22.9. The summed E-state index contributed by atoms with van der Waals surface area (Å²) in [6.45, 7) is 5.33. The number of nitrogens with zero attached hydrogens (tertiary/aromatic N) is 3. The van der Waals surface area contributed by atoms with Gasteiger partial charge in [0.15, 0.2) is 0 Å². The standard InChI is InChI=1S/C27H30ClN3O9/c1-17(32)29(5)16-21(33)39-25(24(36)38-6)40-26(37)30(22(34)19-12-14-20(28)15-13-19)31(27(2,3)4)23(35)18-10-8-7-9-11-18/h7-15,25H,16H2,1-6H3. The van der Waals surface area contributed by atoms with Crippen molar-refractivity contribution in [1.29, 1.82) is 0 Å². The second-order valence-electron chi connectivity index (χ2n) is 9.38. The van der Waals surface area contributed by atoms with E-state index in [0.29, 0.717) is 10.0 Å². The highest BCUT2D eigenvalue weighted by atomic mass is 35.5. The number of halogens is 1. The Bertz CT molecular complexity index is 1260. The van der Waals surface area contributed by atoms with Gasteiger partial charge < -0.3 is 19.1 Å². The number of esters is 2. The molecule has 1 unspecified atom stereocenters. The number of hydrogen-bond donors (Lipinski definition) is 0. The van der Waals surface area contributed by atoms with Crippen molar-refractivity contribution in [1.82, 2.24) is 14.9 Å². The van der Waals surface area contributed by atoms with Gasteiger partial charge in [0.05, 0.1) is 12.6 Å². The van der Waals surface area contributed by atoms with Crippen LogP contribution < -0.4 is 0 Å². The Morgan fingerprint density at radius 2 is 1.40 bits per heavy atom. The Kier molecular flexibility index (Phi) is 10.8. The number of amides is 4. The molecule has 0 aliphatic rings. The fourth-order valence-electron chi connectivity index (χ4n) is 3.19. The molecule has 0 saturated carbocycles. The molecule has 40 heavy (non-hydrogen) atoms. The van der Waals surface area contributed by atoms with Crippen LogP contribution in [0.2, 0.25) is 5.02 Å². The van der Waals surface area contributed by atoms with Gasteiger partial charge in [0.1, 0.15) is 6.54 Å². The van der Waals surface area contributed by atoms with Gasteiger partial charge in [0.2, 0.25) is 5.91 Å². The predicted octanol–water partition coefficient (Wildman–Crippen LogP) is 3.30. The van der Waals surface area contributed by atoms with Gasteiger partial charge in [0.25, 0.3) is 11.8 Å². The lowest BCUT2D eigenvalue weighted by Crippen LogP contribution is -2.61. The van der Waals surface area contributed by atoms with Crippen molar-refractivity contribution in [2.75, 3.05) is 20.7 Å². The maximum Gasteiger partial charge on any atom is 0.440 e. The molecule has 214 valence electrons. The lowest BCUT2D eigenvalue weighted by molar-refractivity contribution is -0.192. The van der Waals surface area contributed by atoms with Crippen LogP contribution in [0.5, 0.6) is 0 Å². The molecule has 0 fully saturated rings. The number of imide groups is 1. The third-order valence-electron chi connectivity index (χ3n) is 5.25. The second kappa shape index (κ2) is 13.6. The van der Waals surface area contributed by atoms with Crippen LogP contribution in [0, 0.1) is 0 Å². The number of benzene rings is 2. The van der Waals surface area contributed by atoms with Gasteiger partial charge in [0, 0.05) is 30.1 Å². The van der Waals surface area contributed by atoms with Gasteiger partial charge in [-0.25, -0.2) is 14.6 Å². The van der Waals surface area contributed by atoms with Gasteiger partial charge in [-0.05, 0) is 57.2 Å². The molecule has 0 radical (unpaired) electrons. The molecule has 0 aliphatic carbocycles. The highest BCUT2D eigenvalue weighted by Gasteiger charge is 2.43. The molecule has 13 heteroatoms. The molecule has 1 atom stereocenters. The first kappa shape index (κ1) is 31.8. The lowest BCUT2D eigenvalue weighted by atomic mass is 10.1. The molecule has 0 aromatic heterocycles. The Labute approximate surface area is 236 Å². The van der Waals surface area contributed by atoms with E-state index in [0.717, 1.165) is 17.0 Å². The van der Waals surface area contributed by atoms with Gasteiger partial charge in [-0.15, -0.1) is 5.01 Å². The summed E-state index contributed by atoms with van der Waals surface area (Å²) < 4.78 is 14.7. The van der Waals surface area contributed by atoms with E-state index in [2.05, 4.69) is 4.74 Å². The number of likely N-dealkylation sites (N-methyl/N-ethyl adjacent to an activating group) is 1. The maximum atomic E-state index is 13.7. The quantitative estimate of drug-likeness (QED) is 0.276. The summed E-state index contributed by atoms with van der Waals surface area (Å²) >= 11 is 5.94. The van der Waals surface area contributed by atoms with Crippen LogP contribution in [0.15, 0.2) is 54.6 Å². The zero-order valence-corrected chi connectivity index (χ0v) is 23.6. The van der Waals surface area contributed by atoms with E-state index in [-0.39, 0.29) is 11.1 Å².